The van der Waals surface area contributed by atoms with Crippen molar-refractivity contribution in [1.82, 2.24) is 5.32 Å². The van der Waals surface area contributed by atoms with E-state index in [-0.39, 0.29) is 0 Å². The summed E-state index contributed by atoms with van der Waals surface area (Å²) in [5.74, 6) is 0. The van der Waals surface area contributed by atoms with E-state index in [2.05, 4.69) is 11.9 Å². The molecular formula is C5H11NO. The molecule has 2 N–H and O–H groups in total. The number of hydrogen-bond acceptors (Lipinski definition) is 2. The van der Waals surface area contributed by atoms with E-state index < -0.39 is 6.23 Å². The molecule has 0 heterocycles. The molecule has 7 heavy (non-hydrogen) atoms. The van der Waals surface area contributed by atoms with Gasteiger partial charge in [0.15, 0.2) is 0 Å². The molecule has 0 fully saturated rings. The summed E-state index contributed by atoms with van der Waals surface area (Å²) in [5.41, 5.74) is 0. The van der Waals surface area contributed by atoms with E-state index in [9.17, 15) is 0 Å². The molecule has 0 aromatic heterocycles. The van der Waals surface area contributed by atoms with Gasteiger partial charge >= 0.3 is 0 Å². The maximum Gasteiger partial charge on any atom is 0.102 e. The normalized spacial score (nSPS) is 13.4. The maximum atomic E-state index is 8.52. The van der Waals surface area contributed by atoms with Crippen LogP contribution in [0.4, 0.5) is 0 Å². The van der Waals surface area contributed by atoms with E-state index >= 15 is 0 Å². The molecule has 0 saturated carbocycles. The van der Waals surface area contributed by atoms with Crippen molar-refractivity contribution in [3.8, 4) is 0 Å². The fourth-order valence-electron chi connectivity index (χ4n) is 0.254. The molecule has 0 aliphatic heterocycles. The molecule has 0 aliphatic rings. The van der Waals surface area contributed by atoms with Crippen LogP contribution in [0.25, 0.3) is 0 Å². The molecule has 0 saturated heterocycles. The monoisotopic (exact) mass is 101 g/mol. The number of nitrogens with one attached hydrogen (secondary N) is 1. The molecule has 0 radical (unpaired) electrons. The third-order valence-corrected chi connectivity index (χ3v) is 0.558. The lowest BCUT2D eigenvalue weighted by Gasteiger charge is -2.00. The van der Waals surface area contributed by atoms with Gasteiger partial charge in [-0.25, -0.2) is 0 Å². The first-order chi connectivity index (χ1) is 3.27. The Kier molecular flexibility index (Phi) is 3.65. The van der Waals surface area contributed by atoms with Gasteiger partial charge in [0, 0.05) is 6.54 Å². The standard InChI is InChI=1S/C5H11NO/c1-3-4-6-5(2)7/h3,5-7H,1,4H2,2H3. The molecule has 1 unspecified atom stereocenters. The summed E-state index contributed by atoms with van der Waals surface area (Å²) in [4.78, 5) is 0. The van der Waals surface area contributed by atoms with Gasteiger partial charge in [0.05, 0.1) is 0 Å². The van der Waals surface area contributed by atoms with Gasteiger partial charge in [-0.15, -0.1) is 6.58 Å². The molecule has 0 rings (SSSR count). The van der Waals surface area contributed by atoms with Crippen molar-refractivity contribution in [3.63, 3.8) is 0 Å². The molecule has 1 atom stereocenters. The first-order valence-electron chi connectivity index (χ1n) is 2.29. The van der Waals surface area contributed by atoms with Crippen LogP contribution in [-0.2, 0) is 0 Å². The van der Waals surface area contributed by atoms with Crippen molar-refractivity contribution in [3.05, 3.63) is 12.7 Å². The quantitative estimate of drug-likeness (QED) is 0.390. The Morgan fingerprint density at radius 2 is 2.57 bits per heavy atom. The second kappa shape index (κ2) is 3.84. The summed E-state index contributed by atoms with van der Waals surface area (Å²) in [7, 11) is 0. The van der Waals surface area contributed by atoms with Gasteiger partial charge in [0.2, 0.25) is 0 Å². The van der Waals surface area contributed by atoms with E-state index in [1.54, 1.807) is 13.0 Å². The van der Waals surface area contributed by atoms with Crippen molar-refractivity contribution in [2.24, 2.45) is 0 Å². The number of rotatable bonds is 3. The van der Waals surface area contributed by atoms with Crippen LogP contribution in [0.3, 0.4) is 0 Å². The zero-order valence-electron chi connectivity index (χ0n) is 4.52. The lowest BCUT2D eigenvalue weighted by molar-refractivity contribution is 0.162. The molecule has 2 heteroatoms. The Bertz CT molecular complexity index is 52.0. The van der Waals surface area contributed by atoms with Gasteiger partial charge in [-0.1, -0.05) is 6.08 Å². The average molecular weight is 101 g/mol. The van der Waals surface area contributed by atoms with Gasteiger partial charge in [0.1, 0.15) is 6.23 Å². The molecule has 0 spiro atoms. The van der Waals surface area contributed by atoms with Gasteiger partial charge in [-0.3, -0.25) is 5.32 Å². The summed E-state index contributed by atoms with van der Waals surface area (Å²) in [6, 6.07) is 0. The van der Waals surface area contributed by atoms with E-state index in [0.29, 0.717) is 6.54 Å². The van der Waals surface area contributed by atoms with Gasteiger partial charge < -0.3 is 5.11 Å². The molecule has 0 amide bonds. The molecular weight excluding hydrogens is 90.1 g/mol. The largest absolute Gasteiger partial charge is 0.379 e. The van der Waals surface area contributed by atoms with Crippen LogP contribution in [0.15, 0.2) is 12.7 Å². The Balaban J connectivity index is 2.81. The fraction of sp³-hybridized carbons (Fsp3) is 0.600. The van der Waals surface area contributed by atoms with Crippen LogP contribution < -0.4 is 5.32 Å². The molecule has 42 valence electrons. The maximum absolute atomic E-state index is 8.52. The minimum atomic E-state index is -0.419. The van der Waals surface area contributed by atoms with Gasteiger partial charge in [0.25, 0.3) is 0 Å². The van der Waals surface area contributed by atoms with E-state index in [0.717, 1.165) is 0 Å². The average Bonchev–Trinajstić information content (AvgIpc) is 1.61. The molecule has 0 aliphatic carbocycles. The third-order valence-electron chi connectivity index (χ3n) is 0.558. The summed E-state index contributed by atoms with van der Waals surface area (Å²) >= 11 is 0. The van der Waals surface area contributed by atoms with Crippen LogP contribution >= 0.6 is 0 Å². The highest BCUT2D eigenvalue weighted by Crippen LogP contribution is 1.67. The SMILES string of the molecule is C=CCNC(C)O. The summed E-state index contributed by atoms with van der Waals surface area (Å²) in [6.07, 6.45) is 1.28. The fourth-order valence-corrected chi connectivity index (χ4v) is 0.254. The second-order valence-corrected chi connectivity index (χ2v) is 1.37. The minimum Gasteiger partial charge on any atom is -0.379 e. The predicted molar refractivity (Wildman–Crippen MR) is 29.9 cm³/mol. The highest BCUT2D eigenvalue weighted by Gasteiger charge is 1.85. The minimum absolute atomic E-state index is 0.419. The molecule has 0 bridgehead atoms. The molecule has 0 aromatic rings. The number of aliphatic hydroxyl groups excluding tert-OH is 1. The van der Waals surface area contributed by atoms with Crippen LogP contribution in [0.5, 0.6) is 0 Å². The lowest BCUT2D eigenvalue weighted by Crippen LogP contribution is -2.24. The predicted octanol–water partition coefficient (Wildman–Crippen LogP) is 0.100. The van der Waals surface area contributed by atoms with Crippen LogP contribution in [0.1, 0.15) is 6.92 Å². The van der Waals surface area contributed by atoms with Crippen molar-refractivity contribution in [1.29, 1.82) is 0 Å². The Labute approximate surface area is 43.9 Å². The second-order valence-electron chi connectivity index (χ2n) is 1.37. The Hall–Kier alpha value is -0.340. The summed E-state index contributed by atoms with van der Waals surface area (Å²) < 4.78 is 0. The van der Waals surface area contributed by atoms with E-state index in [1.807, 2.05) is 0 Å². The Morgan fingerprint density at radius 1 is 2.00 bits per heavy atom. The first kappa shape index (κ1) is 6.66. The van der Waals surface area contributed by atoms with Crippen molar-refractivity contribution in [2.45, 2.75) is 13.2 Å². The van der Waals surface area contributed by atoms with Gasteiger partial charge in [-0.05, 0) is 6.92 Å². The van der Waals surface area contributed by atoms with Crippen LogP contribution in [0.2, 0.25) is 0 Å². The van der Waals surface area contributed by atoms with E-state index in [1.165, 1.54) is 0 Å². The molecule has 0 aromatic carbocycles. The zero-order valence-corrected chi connectivity index (χ0v) is 4.52. The van der Waals surface area contributed by atoms with Gasteiger partial charge in [-0.2, -0.15) is 0 Å². The third kappa shape index (κ3) is 5.66. The van der Waals surface area contributed by atoms with Crippen molar-refractivity contribution >= 4 is 0 Å². The number of hydrogen-bond donors (Lipinski definition) is 2. The first-order valence-corrected chi connectivity index (χ1v) is 2.29. The highest BCUT2D eigenvalue weighted by molar-refractivity contribution is 4.69. The summed E-state index contributed by atoms with van der Waals surface area (Å²) in [6.45, 7) is 5.79. The van der Waals surface area contributed by atoms with E-state index in [4.69, 9.17) is 5.11 Å². The van der Waals surface area contributed by atoms with Crippen LogP contribution in [0, 0.1) is 0 Å². The zero-order chi connectivity index (χ0) is 5.70. The highest BCUT2D eigenvalue weighted by atomic mass is 16.3. The van der Waals surface area contributed by atoms with Crippen LogP contribution in [-0.4, -0.2) is 17.9 Å². The topological polar surface area (TPSA) is 32.3 Å². The van der Waals surface area contributed by atoms with Crippen molar-refractivity contribution in [2.75, 3.05) is 6.54 Å². The molecule has 2 nitrogen and oxygen atoms in total. The number of aliphatic hydroxyl groups is 1. The summed E-state index contributed by atoms with van der Waals surface area (Å²) in [5, 5.41) is 11.3. The smallest absolute Gasteiger partial charge is 0.102 e. The van der Waals surface area contributed by atoms with Crippen molar-refractivity contribution < 1.29 is 5.11 Å². The lowest BCUT2D eigenvalue weighted by atomic mass is 10.6. The Morgan fingerprint density at radius 3 is 2.71 bits per heavy atom.